The predicted octanol–water partition coefficient (Wildman–Crippen LogP) is 3.41. The number of phenolic OH excluding ortho intramolecular Hbond substituents is 2. The molecule has 24 heavy (non-hydrogen) atoms. The first-order chi connectivity index (χ1) is 11.4. The lowest BCUT2D eigenvalue weighted by Gasteiger charge is -2.14. The van der Waals surface area contributed by atoms with Gasteiger partial charge in [0.25, 0.3) is 0 Å². The number of carboxylic acid groups (broad SMARTS) is 1. The van der Waals surface area contributed by atoms with Crippen molar-refractivity contribution in [3.63, 3.8) is 0 Å². The number of ether oxygens (including phenoxy) is 2. The third-order valence-electron chi connectivity index (χ3n) is 2.99. The van der Waals surface area contributed by atoms with E-state index in [0.29, 0.717) is 9.79 Å². The van der Waals surface area contributed by atoms with E-state index < -0.39 is 10.6 Å². The first-order valence-corrected chi connectivity index (χ1v) is 8.50. The Balaban J connectivity index is 2.19. The Kier molecular flexibility index (Phi) is 6.10. The van der Waals surface area contributed by atoms with Crippen LogP contribution in [-0.4, -0.2) is 40.1 Å². The van der Waals surface area contributed by atoms with E-state index in [1.54, 1.807) is 24.3 Å². The second-order valence-corrected chi connectivity index (χ2v) is 7.23. The maximum absolute atomic E-state index is 11.5. The lowest BCUT2D eigenvalue weighted by Crippen LogP contribution is -2.11. The molecule has 0 aromatic heterocycles. The fourth-order valence-corrected chi connectivity index (χ4v) is 4.03. The number of thioether (sulfide) groups is 2. The zero-order chi connectivity index (χ0) is 17.7. The van der Waals surface area contributed by atoms with Crippen molar-refractivity contribution >= 4 is 29.5 Å². The summed E-state index contributed by atoms with van der Waals surface area (Å²) in [4.78, 5) is 12.8. The highest BCUT2D eigenvalue weighted by molar-refractivity contribution is 8.18. The molecular weight excluding hydrogens is 352 g/mol. The topological polar surface area (TPSA) is 96.2 Å². The summed E-state index contributed by atoms with van der Waals surface area (Å²) >= 11 is 2.23. The Morgan fingerprint density at radius 2 is 1.33 bits per heavy atom. The van der Waals surface area contributed by atoms with Crippen molar-refractivity contribution in [3.05, 3.63) is 36.4 Å². The van der Waals surface area contributed by atoms with Crippen molar-refractivity contribution in [1.82, 2.24) is 0 Å². The van der Waals surface area contributed by atoms with E-state index >= 15 is 0 Å². The Morgan fingerprint density at radius 3 is 1.67 bits per heavy atom. The van der Waals surface area contributed by atoms with Crippen molar-refractivity contribution in [1.29, 1.82) is 0 Å². The molecule has 2 aromatic rings. The lowest BCUT2D eigenvalue weighted by molar-refractivity contribution is -0.134. The smallest absolute Gasteiger partial charge is 0.327 e. The fraction of sp³-hybridized carbons (Fsp3) is 0.188. The average molecular weight is 368 g/mol. The minimum absolute atomic E-state index is 0.00958. The summed E-state index contributed by atoms with van der Waals surface area (Å²) in [6, 6.07) is 9.30. The minimum Gasteiger partial charge on any atom is -0.504 e. The molecule has 0 saturated carbocycles. The van der Waals surface area contributed by atoms with E-state index in [9.17, 15) is 20.1 Å². The van der Waals surface area contributed by atoms with E-state index in [-0.39, 0.29) is 23.0 Å². The molecule has 8 heteroatoms. The van der Waals surface area contributed by atoms with Crippen molar-refractivity contribution in [2.75, 3.05) is 14.2 Å². The third kappa shape index (κ3) is 4.42. The van der Waals surface area contributed by atoms with Crippen LogP contribution in [0.3, 0.4) is 0 Å². The number of phenols is 2. The van der Waals surface area contributed by atoms with Crippen molar-refractivity contribution in [2.45, 2.75) is 14.4 Å². The Labute approximate surface area is 147 Å². The third-order valence-corrected chi connectivity index (χ3v) is 5.45. The summed E-state index contributed by atoms with van der Waals surface area (Å²) in [5.41, 5.74) is 0. The second-order valence-electron chi connectivity index (χ2n) is 4.57. The highest BCUT2D eigenvalue weighted by atomic mass is 32.2. The van der Waals surface area contributed by atoms with Crippen LogP contribution in [0.15, 0.2) is 46.2 Å². The number of aromatic hydroxyl groups is 2. The van der Waals surface area contributed by atoms with Gasteiger partial charge in [-0.3, -0.25) is 4.79 Å². The zero-order valence-electron chi connectivity index (χ0n) is 12.9. The van der Waals surface area contributed by atoms with E-state index in [1.165, 1.54) is 26.4 Å². The van der Waals surface area contributed by atoms with Crippen LogP contribution in [0.1, 0.15) is 0 Å². The molecule has 0 atom stereocenters. The maximum Gasteiger partial charge on any atom is 0.327 e. The van der Waals surface area contributed by atoms with Gasteiger partial charge in [-0.15, -0.1) is 0 Å². The molecule has 0 aliphatic heterocycles. The van der Waals surface area contributed by atoms with Gasteiger partial charge in [-0.2, -0.15) is 0 Å². The number of methoxy groups -OCH3 is 2. The maximum atomic E-state index is 11.5. The summed E-state index contributed by atoms with van der Waals surface area (Å²) in [6.45, 7) is 0. The molecule has 0 aliphatic carbocycles. The largest absolute Gasteiger partial charge is 0.504 e. The van der Waals surface area contributed by atoms with E-state index in [1.807, 2.05) is 0 Å². The molecule has 0 spiro atoms. The molecule has 0 fully saturated rings. The lowest BCUT2D eigenvalue weighted by atomic mass is 10.3. The van der Waals surface area contributed by atoms with Crippen LogP contribution in [0.25, 0.3) is 0 Å². The zero-order valence-corrected chi connectivity index (χ0v) is 14.6. The van der Waals surface area contributed by atoms with Gasteiger partial charge in [0.15, 0.2) is 27.6 Å². The van der Waals surface area contributed by atoms with Gasteiger partial charge >= 0.3 is 5.97 Å². The number of benzene rings is 2. The van der Waals surface area contributed by atoms with Gasteiger partial charge in [-0.25, -0.2) is 0 Å². The molecule has 6 nitrogen and oxygen atoms in total. The standard InChI is InChI=1S/C16H16O6S2/c1-21-13-7-9(3-5-11(13)17)23-16(15(19)20)24-10-4-6-12(18)14(8-10)22-2/h3-8,16-18H,1-2H3,(H,19,20). The van der Waals surface area contributed by atoms with Crippen LogP contribution in [0.2, 0.25) is 0 Å². The van der Waals surface area contributed by atoms with E-state index in [2.05, 4.69) is 0 Å². The normalized spacial score (nSPS) is 10.6. The van der Waals surface area contributed by atoms with Crippen molar-refractivity contribution < 1.29 is 29.6 Å². The molecule has 3 N–H and O–H groups in total. The van der Waals surface area contributed by atoms with E-state index in [0.717, 1.165) is 23.5 Å². The van der Waals surface area contributed by atoms with Gasteiger partial charge in [-0.05, 0) is 36.4 Å². The minimum atomic E-state index is -0.996. The second kappa shape index (κ2) is 8.07. The Hall–Kier alpha value is -2.19. The molecular formula is C16H16O6S2. The molecule has 0 amide bonds. The molecule has 2 aromatic carbocycles. The molecule has 0 aliphatic rings. The number of carboxylic acids is 1. The van der Waals surface area contributed by atoms with Gasteiger partial charge in [0.05, 0.1) is 14.2 Å². The Morgan fingerprint density at radius 1 is 0.917 bits per heavy atom. The van der Waals surface area contributed by atoms with Gasteiger partial charge < -0.3 is 24.8 Å². The fourth-order valence-electron chi connectivity index (χ4n) is 1.83. The molecule has 2 rings (SSSR count). The summed E-state index contributed by atoms with van der Waals surface area (Å²) in [5.74, 6) is -0.459. The SMILES string of the molecule is COc1cc(SC(Sc2ccc(O)c(OC)c2)C(=O)O)ccc1O. The van der Waals surface area contributed by atoms with E-state index in [4.69, 9.17) is 9.47 Å². The summed E-state index contributed by atoms with van der Waals surface area (Å²) in [7, 11) is 2.85. The summed E-state index contributed by atoms with van der Waals surface area (Å²) in [5, 5.41) is 28.7. The van der Waals surface area contributed by atoms with Crippen LogP contribution >= 0.6 is 23.5 Å². The first-order valence-electron chi connectivity index (χ1n) is 6.74. The van der Waals surface area contributed by atoms with Crippen molar-refractivity contribution in [2.24, 2.45) is 0 Å². The first kappa shape index (κ1) is 18.2. The molecule has 0 bridgehead atoms. The van der Waals surface area contributed by atoms with Crippen molar-refractivity contribution in [3.8, 4) is 23.0 Å². The van der Waals surface area contributed by atoms with Gasteiger partial charge in [-0.1, -0.05) is 23.5 Å². The highest BCUT2D eigenvalue weighted by Crippen LogP contribution is 2.40. The molecule has 0 unspecified atom stereocenters. The number of aliphatic carboxylic acids is 1. The van der Waals surface area contributed by atoms with Crippen LogP contribution in [0.4, 0.5) is 0 Å². The number of carbonyl (C=O) groups is 1. The quantitative estimate of drug-likeness (QED) is 0.505. The van der Waals surface area contributed by atoms with Crippen LogP contribution in [0.5, 0.6) is 23.0 Å². The Bertz CT molecular complexity index is 679. The van der Waals surface area contributed by atoms with Gasteiger partial charge in [0.2, 0.25) is 0 Å². The molecule has 0 saturated heterocycles. The van der Waals surface area contributed by atoms with Gasteiger partial charge in [0, 0.05) is 9.79 Å². The van der Waals surface area contributed by atoms with Gasteiger partial charge in [0.1, 0.15) is 0 Å². The van der Waals surface area contributed by atoms with Crippen LogP contribution in [-0.2, 0) is 4.79 Å². The molecule has 128 valence electrons. The molecule has 0 radical (unpaired) electrons. The summed E-state index contributed by atoms with van der Waals surface area (Å²) in [6.07, 6.45) is 0. The number of rotatable bonds is 7. The van der Waals surface area contributed by atoms with Crippen LogP contribution in [0, 0.1) is 0 Å². The monoisotopic (exact) mass is 368 g/mol. The average Bonchev–Trinajstić information content (AvgIpc) is 2.57. The number of hydrogen-bond acceptors (Lipinski definition) is 7. The van der Waals surface area contributed by atoms with Crippen LogP contribution < -0.4 is 9.47 Å². The summed E-state index contributed by atoms with van der Waals surface area (Å²) < 4.78 is 9.23. The molecule has 0 heterocycles. The number of hydrogen-bond donors (Lipinski definition) is 3. The predicted molar refractivity (Wildman–Crippen MR) is 92.5 cm³/mol. The highest BCUT2D eigenvalue weighted by Gasteiger charge is 2.22.